The molecule has 134 valence electrons. The van der Waals surface area contributed by atoms with Gasteiger partial charge in [0, 0.05) is 37.7 Å². The Labute approximate surface area is 157 Å². The van der Waals surface area contributed by atoms with Gasteiger partial charge < -0.3 is 9.30 Å². The molecule has 5 heteroatoms. The molecule has 0 atom stereocenters. The molecule has 0 aliphatic carbocycles. The van der Waals surface area contributed by atoms with Crippen LogP contribution in [0.1, 0.15) is 21.6 Å². The maximum Gasteiger partial charge on any atom is 0.274 e. The second kappa shape index (κ2) is 7.03. The fourth-order valence-electron chi connectivity index (χ4n) is 3.06. The number of amides is 1. The number of rotatable bonds is 4. The highest BCUT2D eigenvalue weighted by molar-refractivity contribution is 5.93. The zero-order chi connectivity index (χ0) is 18.8. The molecule has 0 fully saturated rings. The fraction of sp³-hybridized carbons (Fsp3) is 0.136. The highest BCUT2D eigenvalue weighted by Gasteiger charge is 2.18. The Morgan fingerprint density at radius 1 is 1.07 bits per heavy atom. The number of carbonyl (C=O) groups excluding carboxylic acids is 1. The minimum absolute atomic E-state index is 0.114. The van der Waals surface area contributed by atoms with Crippen molar-refractivity contribution in [2.45, 2.75) is 13.5 Å². The molecule has 1 amide bonds. The SMILES string of the molecule is Cc1ccc(-c2nccn3cc(C(=O)N(C)Cc4ccccc4)nc23)cc1. The number of imidazole rings is 1. The third-order valence-corrected chi connectivity index (χ3v) is 4.53. The van der Waals surface area contributed by atoms with E-state index in [0.29, 0.717) is 17.9 Å². The molecule has 0 N–H and O–H groups in total. The largest absolute Gasteiger partial charge is 0.336 e. The summed E-state index contributed by atoms with van der Waals surface area (Å²) in [7, 11) is 1.79. The number of fused-ring (bicyclic) bond motifs is 1. The van der Waals surface area contributed by atoms with Gasteiger partial charge >= 0.3 is 0 Å². The first-order valence-electron chi connectivity index (χ1n) is 8.82. The molecule has 0 saturated heterocycles. The van der Waals surface area contributed by atoms with E-state index in [9.17, 15) is 4.79 Å². The Balaban J connectivity index is 1.66. The molecule has 5 nitrogen and oxygen atoms in total. The van der Waals surface area contributed by atoms with Crippen molar-refractivity contribution >= 4 is 11.6 Å². The van der Waals surface area contributed by atoms with E-state index >= 15 is 0 Å². The predicted octanol–water partition coefficient (Wildman–Crippen LogP) is 3.98. The number of benzene rings is 2. The second-order valence-corrected chi connectivity index (χ2v) is 6.65. The monoisotopic (exact) mass is 356 g/mol. The number of hydrogen-bond donors (Lipinski definition) is 0. The van der Waals surface area contributed by atoms with Gasteiger partial charge in [0.05, 0.1) is 0 Å². The Morgan fingerprint density at radius 3 is 2.56 bits per heavy atom. The van der Waals surface area contributed by atoms with E-state index in [1.165, 1.54) is 5.56 Å². The van der Waals surface area contributed by atoms with Crippen molar-refractivity contribution in [2.75, 3.05) is 7.05 Å². The van der Waals surface area contributed by atoms with Gasteiger partial charge in [-0.25, -0.2) is 4.98 Å². The molecular formula is C22H20N4O. The fourth-order valence-corrected chi connectivity index (χ4v) is 3.06. The lowest BCUT2D eigenvalue weighted by molar-refractivity contribution is 0.0780. The van der Waals surface area contributed by atoms with Crippen molar-refractivity contribution in [1.29, 1.82) is 0 Å². The van der Waals surface area contributed by atoms with Gasteiger partial charge in [0.1, 0.15) is 11.4 Å². The Morgan fingerprint density at radius 2 is 1.81 bits per heavy atom. The zero-order valence-electron chi connectivity index (χ0n) is 15.3. The van der Waals surface area contributed by atoms with Crippen LogP contribution in [0.2, 0.25) is 0 Å². The summed E-state index contributed by atoms with van der Waals surface area (Å²) in [4.78, 5) is 23.6. The molecule has 0 radical (unpaired) electrons. The van der Waals surface area contributed by atoms with Crippen LogP contribution in [0.25, 0.3) is 16.9 Å². The third-order valence-electron chi connectivity index (χ3n) is 4.53. The maximum absolute atomic E-state index is 12.8. The lowest BCUT2D eigenvalue weighted by atomic mass is 10.1. The van der Waals surface area contributed by atoms with Crippen molar-refractivity contribution in [3.05, 3.63) is 90.0 Å². The van der Waals surface area contributed by atoms with Crippen molar-refractivity contribution in [2.24, 2.45) is 0 Å². The molecule has 0 unspecified atom stereocenters. The summed E-state index contributed by atoms with van der Waals surface area (Å²) in [6, 6.07) is 18.1. The van der Waals surface area contributed by atoms with Crippen LogP contribution in [-0.4, -0.2) is 32.2 Å². The van der Waals surface area contributed by atoms with Crippen molar-refractivity contribution < 1.29 is 4.79 Å². The van der Waals surface area contributed by atoms with Crippen molar-refractivity contribution in [1.82, 2.24) is 19.3 Å². The molecule has 4 aromatic rings. The van der Waals surface area contributed by atoms with E-state index in [0.717, 1.165) is 16.8 Å². The quantitative estimate of drug-likeness (QED) is 0.556. The summed E-state index contributed by atoms with van der Waals surface area (Å²) in [5, 5.41) is 0. The molecule has 0 aliphatic heterocycles. The molecule has 0 spiro atoms. The van der Waals surface area contributed by atoms with E-state index in [2.05, 4.69) is 9.97 Å². The Hall–Kier alpha value is -3.47. The average molecular weight is 356 g/mol. The van der Waals surface area contributed by atoms with Gasteiger partial charge in [-0.2, -0.15) is 0 Å². The summed E-state index contributed by atoms with van der Waals surface area (Å²) in [5.41, 5.74) is 5.11. The molecule has 2 aromatic carbocycles. The summed E-state index contributed by atoms with van der Waals surface area (Å²) in [5.74, 6) is -0.114. The molecule has 0 aliphatic rings. The second-order valence-electron chi connectivity index (χ2n) is 6.65. The summed E-state index contributed by atoms with van der Waals surface area (Å²) in [6.07, 6.45) is 5.30. The van der Waals surface area contributed by atoms with Gasteiger partial charge in [-0.3, -0.25) is 9.78 Å². The van der Waals surface area contributed by atoms with Crippen LogP contribution >= 0.6 is 0 Å². The summed E-state index contributed by atoms with van der Waals surface area (Å²) >= 11 is 0. The highest BCUT2D eigenvalue weighted by Crippen LogP contribution is 2.22. The first kappa shape index (κ1) is 17.0. The number of carbonyl (C=O) groups is 1. The van der Waals surface area contributed by atoms with Gasteiger partial charge in [-0.05, 0) is 12.5 Å². The molecule has 0 saturated carbocycles. The predicted molar refractivity (Wildman–Crippen MR) is 105 cm³/mol. The minimum Gasteiger partial charge on any atom is -0.336 e. The molecular weight excluding hydrogens is 336 g/mol. The van der Waals surface area contributed by atoms with Crippen LogP contribution < -0.4 is 0 Å². The van der Waals surface area contributed by atoms with E-state index in [-0.39, 0.29) is 5.91 Å². The van der Waals surface area contributed by atoms with E-state index < -0.39 is 0 Å². The highest BCUT2D eigenvalue weighted by atomic mass is 16.2. The summed E-state index contributed by atoms with van der Waals surface area (Å²) in [6.45, 7) is 2.59. The van der Waals surface area contributed by atoms with Crippen LogP contribution in [0, 0.1) is 6.92 Å². The van der Waals surface area contributed by atoms with Gasteiger partial charge in [0.2, 0.25) is 0 Å². The summed E-state index contributed by atoms with van der Waals surface area (Å²) < 4.78 is 1.85. The molecule has 2 aromatic heterocycles. The van der Waals surface area contributed by atoms with E-state index in [1.807, 2.05) is 72.1 Å². The van der Waals surface area contributed by atoms with Gasteiger partial charge in [0.25, 0.3) is 5.91 Å². The maximum atomic E-state index is 12.8. The van der Waals surface area contributed by atoms with E-state index in [1.54, 1.807) is 24.3 Å². The van der Waals surface area contributed by atoms with Crippen molar-refractivity contribution in [3.63, 3.8) is 0 Å². The molecule has 0 bridgehead atoms. The Kier molecular flexibility index (Phi) is 4.42. The van der Waals surface area contributed by atoms with Gasteiger partial charge in [0.15, 0.2) is 5.65 Å². The average Bonchev–Trinajstić information content (AvgIpc) is 3.13. The first-order chi connectivity index (χ1) is 13.1. The minimum atomic E-state index is -0.114. The zero-order valence-corrected chi connectivity index (χ0v) is 15.3. The normalized spacial score (nSPS) is 10.9. The molecule has 2 heterocycles. The molecule has 27 heavy (non-hydrogen) atoms. The van der Waals surface area contributed by atoms with Gasteiger partial charge in [-0.1, -0.05) is 60.2 Å². The first-order valence-corrected chi connectivity index (χ1v) is 8.82. The standard InChI is InChI=1S/C22H20N4O/c1-16-8-10-18(11-9-16)20-21-24-19(15-26(21)13-12-23-20)22(27)25(2)14-17-6-4-3-5-7-17/h3-13,15H,14H2,1-2H3. The number of nitrogens with zero attached hydrogens (tertiary/aromatic N) is 4. The topological polar surface area (TPSA) is 50.5 Å². The number of aryl methyl sites for hydroxylation is 1. The smallest absolute Gasteiger partial charge is 0.274 e. The van der Waals surface area contributed by atoms with Crippen LogP contribution in [0.3, 0.4) is 0 Å². The van der Waals surface area contributed by atoms with Crippen molar-refractivity contribution in [3.8, 4) is 11.3 Å². The van der Waals surface area contributed by atoms with Crippen LogP contribution in [0.4, 0.5) is 0 Å². The lowest BCUT2D eigenvalue weighted by Crippen LogP contribution is -2.26. The van der Waals surface area contributed by atoms with Crippen LogP contribution in [0.5, 0.6) is 0 Å². The van der Waals surface area contributed by atoms with Gasteiger partial charge in [-0.15, -0.1) is 0 Å². The lowest BCUT2D eigenvalue weighted by Gasteiger charge is -2.15. The van der Waals surface area contributed by atoms with E-state index in [4.69, 9.17) is 0 Å². The third kappa shape index (κ3) is 3.44. The Bertz CT molecular complexity index is 1080. The van der Waals surface area contributed by atoms with Crippen LogP contribution in [0.15, 0.2) is 73.2 Å². The van der Waals surface area contributed by atoms with Crippen LogP contribution in [-0.2, 0) is 6.54 Å². The number of aromatic nitrogens is 3. The molecule has 4 rings (SSSR count). The number of hydrogen-bond acceptors (Lipinski definition) is 3.